The molecule has 3 heterocycles. The van der Waals surface area contributed by atoms with Crippen LogP contribution < -0.4 is 14.8 Å². The Morgan fingerprint density at radius 2 is 1.89 bits per heavy atom. The molecule has 0 bridgehead atoms. The highest BCUT2D eigenvalue weighted by Crippen LogP contribution is 2.36. The van der Waals surface area contributed by atoms with Crippen LogP contribution in [0.1, 0.15) is 27.8 Å². The van der Waals surface area contributed by atoms with Crippen LogP contribution in [0.2, 0.25) is 0 Å². The van der Waals surface area contributed by atoms with Gasteiger partial charge in [0.2, 0.25) is 6.79 Å². The predicted molar refractivity (Wildman–Crippen MR) is 99.5 cm³/mol. The van der Waals surface area contributed by atoms with E-state index >= 15 is 0 Å². The molecule has 6 heteroatoms. The second kappa shape index (κ2) is 6.32. The second-order valence-electron chi connectivity index (χ2n) is 6.47. The molecule has 0 unspecified atom stereocenters. The first-order chi connectivity index (χ1) is 13.3. The molecule has 2 aliphatic rings. The highest BCUT2D eigenvalue weighted by Gasteiger charge is 2.33. The summed E-state index contributed by atoms with van der Waals surface area (Å²) in [6.45, 7) is 0.658. The minimum Gasteiger partial charge on any atom is -0.454 e. The smallest absolute Gasteiger partial charge is 0.258 e. The van der Waals surface area contributed by atoms with Gasteiger partial charge in [0, 0.05) is 18.4 Å². The number of benzene rings is 2. The number of aromatic nitrogens is 1. The molecule has 2 aliphatic heterocycles. The van der Waals surface area contributed by atoms with Crippen LogP contribution in [0.15, 0.2) is 66.9 Å². The molecule has 6 nitrogen and oxygen atoms in total. The number of nitrogens with one attached hydrogen (secondary N) is 1. The maximum Gasteiger partial charge on any atom is 0.258 e. The van der Waals surface area contributed by atoms with Crippen LogP contribution >= 0.6 is 0 Å². The molecule has 1 amide bonds. The predicted octanol–water partition coefficient (Wildman–Crippen LogP) is 3.58. The lowest BCUT2D eigenvalue weighted by molar-refractivity contribution is 0.0662. The lowest BCUT2D eigenvalue weighted by atomic mass is 10.0. The molecule has 5 rings (SSSR count). The Bertz CT molecular complexity index is 1010. The highest BCUT2D eigenvalue weighted by atomic mass is 16.7. The third-order valence-electron chi connectivity index (χ3n) is 4.78. The highest BCUT2D eigenvalue weighted by molar-refractivity contribution is 6.01. The summed E-state index contributed by atoms with van der Waals surface area (Å²) in [7, 11) is 0. The molecule has 0 spiro atoms. The Hall–Kier alpha value is -3.54. The fourth-order valence-corrected chi connectivity index (χ4v) is 3.46. The van der Waals surface area contributed by atoms with Crippen LogP contribution in [0.3, 0.4) is 0 Å². The van der Waals surface area contributed by atoms with Gasteiger partial charge >= 0.3 is 0 Å². The number of hydrogen-bond donors (Lipinski definition) is 1. The summed E-state index contributed by atoms with van der Waals surface area (Å²) in [6.07, 6.45) is 1.39. The largest absolute Gasteiger partial charge is 0.454 e. The van der Waals surface area contributed by atoms with Crippen molar-refractivity contribution in [3.63, 3.8) is 0 Å². The third kappa shape index (κ3) is 2.75. The molecular formula is C21H17N3O3. The van der Waals surface area contributed by atoms with E-state index in [9.17, 15) is 4.79 Å². The van der Waals surface area contributed by atoms with Crippen molar-refractivity contribution in [2.75, 3.05) is 12.1 Å². The minimum atomic E-state index is -0.348. The van der Waals surface area contributed by atoms with E-state index in [4.69, 9.17) is 9.47 Å². The standard InChI is InChI=1S/C21H17N3O3/c25-21-15-5-1-2-6-16(15)23-20(17-7-3-4-10-22-17)24(21)12-14-8-9-18-19(11-14)27-13-26-18/h1-11,20,23H,12-13H2/t20-/m1/s1. The zero-order valence-electron chi connectivity index (χ0n) is 14.5. The van der Waals surface area contributed by atoms with Gasteiger partial charge in [0.05, 0.1) is 11.3 Å². The quantitative estimate of drug-likeness (QED) is 0.774. The van der Waals surface area contributed by atoms with E-state index < -0.39 is 0 Å². The maximum atomic E-state index is 13.2. The molecule has 1 N–H and O–H groups in total. The fourth-order valence-electron chi connectivity index (χ4n) is 3.46. The van der Waals surface area contributed by atoms with Gasteiger partial charge in [-0.1, -0.05) is 24.3 Å². The van der Waals surface area contributed by atoms with Gasteiger partial charge in [-0.25, -0.2) is 0 Å². The summed E-state index contributed by atoms with van der Waals surface area (Å²) >= 11 is 0. The first-order valence-electron chi connectivity index (χ1n) is 8.75. The van der Waals surface area contributed by atoms with Gasteiger partial charge in [0.15, 0.2) is 11.5 Å². The Morgan fingerprint density at radius 3 is 2.78 bits per heavy atom. The van der Waals surface area contributed by atoms with Gasteiger partial charge in [-0.05, 0) is 42.0 Å². The molecule has 27 heavy (non-hydrogen) atoms. The zero-order chi connectivity index (χ0) is 18.2. The Morgan fingerprint density at radius 1 is 1.04 bits per heavy atom. The van der Waals surface area contributed by atoms with Crippen LogP contribution in [0.25, 0.3) is 0 Å². The normalized spacial score (nSPS) is 17.4. The van der Waals surface area contributed by atoms with Gasteiger partial charge in [-0.15, -0.1) is 0 Å². The fraction of sp³-hybridized carbons (Fsp3) is 0.143. The lowest BCUT2D eigenvalue weighted by Crippen LogP contribution is -2.42. The average Bonchev–Trinajstić information content (AvgIpc) is 3.18. The van der Waals surface area contributed by atoms with Gasteiger partial charge < -0.3 is 19.7 Å². The van der Waals surface area contributed by atoms with E-state index in [2.05, 4.69) is 10.3 Å². The van der Waals surface area contributed by atoms with Gasteiger partial charge in [0.1, 0.15) is 6.17 Å². The molecule has 134 valence electrons. The number of para-hydroxylation sites is 1. The van der Waals surface area contributed by atoms with Crippen molar-refractivity contribution in [3.8, 4) is 11.5 Å². The zero-order valence-corrected chi connectivity index (χ0v) is 14.5. The number of fused-ring (bicyclic) bond motifs is 2. The molecule has 2 aromatic carbocycles. The molecular weight excluding hydrogens is 342 g/mol. The summed E-state index contributed by atoms with van der Waals surface area (Å²) in [5.74, 6) is 1.41. The van der Waals surface area contributed by atoms with Gasteiger partial charge in [0.25, 0.3) is 5.91 Å². The number of rotatable bonds is 3. The number of carbonyl (C=O) groups is 1. The van der Waals surface area contributed by atoms with Crippen molar-refractivity contribution in [3.05, 3.63) is 83.7 Å². The van der Waals surface area contributed by atoms with Crippen LogP contribution in [0.5, 0.6) is 11.5 Å². The molecule has 1 aromatic heterocycles. The molecule has 3 aromatic rings. The number of carbonyl (C=O) groups excluding carboxylic acids is 1. The summed E-state index contributed by atoms with van der Waals surface area (Å²) in [5, 5.41) is 3.45. The van der Waals surface area contributed by atoms with Crippen molar-refractivity contribution >= 4 is 11.6 Å². The van der Waals surface area contributed by atoms with Crippen LogP contribution in [-0.2, 0) is 6.54 Å². The van der Waals surface area contributed by atoms with E-state index in [0.717, 1.165) is 22.7 Å². The molecule has 1 atom stereocenters. The van der Waals surface area contributed by atoms with Crippen molar-refractivity contribution in [1.82, 2.24) is 9.88 Å². The number of ether oxygens (including phenoxy) is 2. The molecule has 0 saturated carbocycles. The second-order valence-corrected chi connectivity index (χ2v) is 6.47. The Kier molecular flexibility index (Phi) is 3.67. The SMILES string of the molecule is O=C1c2ccccc2N[C@@H](c2ccccn2)N1Cc1ccc2c(c1)OCO2. The number of amides is 1. The van der Waals surface area contributed by atoms with E-state index in [1.807, 2.05) is 60.7 Å². The Labute approximate surface area is 156 Å². The summed E-state index contributed by atoms with van der Waals surface area (Å²) in [4.78, 5) is 19.5. The van der Waals surface area contributed by atoms with Crippen LogP contribution in [0.4, 0.5) is 5.69 Å². The lowest BCUT2D eigenvalue weighted by Gasteiger charge is -2.37. The summed E-state index contributed by atoms with van der Waals surface area (Å²) < 4.78 is 10.8. The van der Waals surface area contributed by atoms with Crippen molar-refractivity contribution in [2.24, 2.45) is 0 Å². The minimum absolute atomic E-state index is 0.0299. The van der Waals surface area contributed by atoms with Crippen molar-refractivity contribution < 1.29 is 14.3 Å². The maximum absolute atomic E-state index is 13.2. The number of hydrogen-bond acceptors (Lipinski definition) is 5. The number of anilines is 1. The number of nitrogens with zero attached hydrogens (tertiary/aromatic N) is 2. The third-order valence-corrected chi connectivity index (χ3v) is 4.78. The van der Waals surface area contributed by atoms with Gasteiger partial charge in [-0.2, -0.15) is 0 Å². The first kappa shape index (κ1) is 15.7. The summed E-state index contributed by atoms with van der Waals surface area (Å²) in [5.41, 5.74) is 3.24. The van der Waals surface area contributed by atoms with Crippen molar-refractivity contribution in [2.45, 2.75) is 12.7 Å². The van der Waals surface area contributed by atoms with Gasteiger partial charge in [-0.3, -0.25) is 9.78 Å². The monoisotopic (exact) mass is 359 g/mol. The van der Waals surface area contributed by atoms with E-state index in [1.165, 1.54) is 0 Å². The molecule has 0 radical (unpaired) electrons. The van der Waals surface area contributed by atoms with E-state index in [-0.39, 0.29) is 18.9 Å². The average molecular weight is 359 g/mol. The van der Waals surface area contributed by atoms with Crippen LogP contribution in [-0.4, -0.2) is 22.6 Å². The molecule has 0 saturated heterocycles. The van der Waals surface area contributed by atoms with E-state index in [1.54, 1.807) is 11.1 Å². The number of pyridine rings is 1. The molecule has 0 fully saturated rings. The molecule has 0 aliphatic carbocycles. The van der Waals surface area contributed by atoms with Crippen molar-refractivity contribution in [1.29, 1.82) is 0 Å². The summed E-state index contributed by atoms with van der Waals surface area (Å²) in [6, 6.07) is 19.0. The first-order valence-corrected chi connectivity index (χ1v) is 8.75. The Balaban J connectivity index is 1.53. The topological polar surface area (TPSA) is 63.7 Å². The van der Waals surface area contributed by atoms with E-state index in [0.29, 0.717) is 17.9 Å². The van der Waals surface area contributed by atoms with Crippen LogP contribution in [0, 0.1) is 0 Å².